The number of carbonyl (C=O) groups is 2. The van der Waals surface area contributed by atoms with Crippen LogP contribution in [0.2, 0.25) is 0 Å². The maximum Gasteiger partial charge on any atom is 0.243 e. The molecule has 1 fully saturated rings. The molecule has 1 aliphatic carbocycles. The number of amides is 2. The molecule has 3 aromatic carbocycles. The van der Waals surface area contributed by atoms with E-state index in [4.69, 9.17) is 0 Å². The molecule has 1 saturated carbocycles. The first-order valence-electron chi connectivity index (χ1n) is 13.0. The topological polar surface area (TPSA) is 49.4 Å². The summed E-state index contributed by atoms with van der Waals surface area (Å²) in [7, 11) is 0. The van der Waals surface area contributed by atoms with Crippen molar-refractivity contribution in [2.24, 2.45) is 0 Å². The van der Waals surface area contributed by atoms with Crippen LogP contribution in [0.15, 0.2) is 89.8 Å². The first-order chi connectivity index (χ1) is 17.6. The van der Waals surface area contributed by atoms with Crippen molar-refractivity contribution < 1.29 is 9.59 Å². The van der Waals surface area contributed by atoms with Crippen molar-refractivity contribution >= 4 is 23.6 Å². The molecular formula is C31H36N2O2S. The summed E-state index contributed by atoms with van der Waals surface area (Å²) in [4.78, 5) is 30.4. The van der Waals surface area contributed by atoms with Gasteiger partial charge < -0.3 is 10.2 Å². The maximum absolute atomic E-state index is 13.7. The van der Waals surface area contributed by atoms with Gasteiger partial charge >= 0.3 is 0 Å². The number of aryl methyl sites for hydroxylation is 1. The lowest BCUT2D eigenvalue weighted by Gasteiger charge is -2.32. The number of rotatable bonds is 11. The molecule has 36 heavy (non-hydrogen) atoms. The first-order valence-corrected chi connectivity index (χ1v) is 13.9. The van der Waals surface area contributed by atoms with Crippen LogP contribution in [0.25, 0.3) is 0 Å². The van der Waals surface area contributed by atoms with Crippen molar-refractivity contribution in [3.8, 4) is 0 Å². The Hall–Kier alpha value is -3.05. The van der Waals surface area contributed by atoms with E-state index in [0.717, 1.165) is 47.3 Å². The fourth-order valence-corrected chi connectivity index (χ4v) is 5.71. The molecule has 0 aliphatic heterocycles. The van der Waals surface area contributed by atoms with Gasteiger partial charge in [-0.1, -0.05) is 91.2 Å². The molecule has 0 aromatic heterocycles. The number of benzene rings is 3. The van der Waals surface area contributed by atoms with E-state index in [1.54, 1.807) is 11.8 Å². The lowest BCUT2D eigenvalue weighted by atomic mass is 10.0. The van der Waals surface area contributed by atoms with Gasteiger partial charge in [-0.2, -0.15) is 0 Å². The molecule has 5 heteroatoms. The molecule has 1 atom stereocenters. The Morgan fingerprint density at radius 1 is 0.917 bits per heavy atom. The van der Waals surface area contributed by atoms with Crippen molar-refractivity contribution in [1.82, 2.24) is 10.2 Å². The Kier molecular flexibility index (Phi) is 9.62. The Morgan fingerprint density at radius 2 is 1.58 bits per heavy atom. The molecule has 0 bridgehead atoms. The fraction of sp³-hybridized carbons (Fsp3) is 0.355. The van der Waals surface area contributed by atoms with Gasteiger partial charge in [-0.15, -0.1) is 11.8 Å². The third kappa shape index (κ3) is 7.72. The van der Waals surface area contributed by atoms with Gasteiger partial charge in [0.15, 0.2) is 0 Å². The SMILES string of the molecule is Cc1cccc(CN(C(=O)CCSc2ccccc2)[C@@H](Cc2ccccc2)C(=O)NC2CCCC2)c1. The van der Waals surface area contributed by atoms with Crippen LogP contribution in [0, 0.1) is 6.92 Å². The van der Waals surface area contributed by atoms with Gasteiger partial charge in [-0.05, 0) is 43.0 Å². The van der Waals surface area contributed by atoms with E-state index in [1.165, 1.54) is 0 Å². The summed E-state index contributed by atoms with van der Waals surface area (Å²) >= 11 is 1.68. The highest BCUT2D eigenvalue weighted by atomic mass is 32.2. The van der Waals surface area contributed by atoms with Gasteiger partial charge in [0.05, 0.1) is 0 Å². The molecule has 0 heterocycles. The minimum atomic E-state index is -0.553. The zero-order chi connectivity index (χ0) is 25.2. The number of hydrogen-bond acceptors (Lipinski definition) is 3. The first kappa shape index (κ1) is 26.0. The third-order valence-corrected chi connectivity index (χ3v) is 7.75. The standard InChI is InChI=1S/C31H36N2O2S/c1-24-11-10-14-26(21-24)23-33(30(34)19-20-36-28-17-6-3-7-18-28)29(22-25-12-4-2-5-13-25)31(35)32-27-15-8-9-16-27/h2-7,10-14,17-18,21,27,29H,8-9,15-16,19-20,22-23H2,1H3,(H,32,35)/t29-/m0/s1. The molecule has 4 rings (SSSR count). The second-order valence-electron chi connectivity index (χ2n) is 9.62. The van der Waals surface area contributed by atoms with E-state index in [9.17, 15) is 9.59 Å². The summed E-state index contributed by atoms with van der Waals surface area (Å²) in [6.45, 7) is 2.48. The third-order valence-electron chi connectivity index (χ3n) is 6.74. The van der Waals surface area contributed by atoms with E-state index < -0.39 is 6.04 Å². The summed E-state index contributed by atoms with van der Waals surface area (Å²) < 4.78 is 0. The highest BCUT2D eigenvalue weighted by molar-refractivity contribution is 7.99. The largest absolute Gasteiger partial charge is 0.352 e. The number of nitrogens with one attached hydrogen (secondary N) is 1. The second-order valence-corrected chi connectivity index (χ2v) is 10.8. The van der Waals surface area contributed by atoms with Gasteiger partial charge in [-0.25, -0.2) is 0 Å². The zero-order valence-corrected chi connectivity index (χ0v) is 21.9. The molecule has 188 valence electrons. The molecule has 0 radical (unpaired) electrons. The average molecular weight is 501 g/mol. The van der Waals surface area contributed by atoms with Crippen LogP contribution in [0.1, 0.15) is 48.8 Å². The highest BCUT2D eigenvalue weighted by Crippen LogP contribution is 2.22. The zero-order valence-electron chi connectivity index (χ0n) is 21.1. The molecule has 0 unspecified atom stereocenters. The molecule has 1 N–H and O–H groups in total. The van der Waals surface area contributed by atoms with E-state index in [-0.39, 0.29) is 17.9 Å². The van der Waals surface area contributed by atoms with E-state index in [1.807, 2.05) is 65.6 Å². The smallest absolute Gasteiger partial charge is 0.243 e. The average Bonchev–Trinajstić information content (AvgIpc) is 3.40. The van der Waals surface area contributed by atoms with Crippen LogP contribution in [-0.4, -0.2) is 34.6 Å². The molecule has 0 saturated heterocycles. The molecule has 0 spiro atoms. The molecule has 2 amide bonds. The minimum absolute atomic E-state index is 0.0161. The normalized spacial score (nSPS) is 14.4. The van der Waals surface area contributed by atoms with Crippen LogP contribution in [0.5, 0.6) is 0 Å². The van der Waals surface area contributed by atoms with Crippen LogP contribution in [0.3, 0.4) is 0 Å². The fourth-order valence-electron chi connectivity index (χ4n) is 4.85. The Balaban J connectivity index is 1.56. The lowest BCUT2D eigenvalue weighted by Crippen LogP contribution is -2.52. The Bertz CT molecular complexity index is 1110. The summed E-state index contributed by atoms with van der Waals surface area (Å²) in [6.07, 6.45) is 5.22. The monoisotopic (exact) mass is 500 g/mol. The van der Waals surface area contributed by atoms with Crippen molar-refractivity contribution in [2.45, 2.75) is 69.0 Å². The van der Waals surface area contributed by atoms with E-state index in [0.29, 0.717) is 25.1 Å². The van der Waals surface area contributed by atoms with Gasteiger partial charge in [-0.3, -0.25) is 9.59 Å². The van der Waals surface area contributed by atoms with Gasteiger partial charge in [0.25, 0.3) is 0 Å². The minimum Gasteiger partial charge on any atom is -0.352 e. The van der Waals surface area contributed by atoms with Crippen molar-refractivity contribution in [2.75, 3.05) is 5.75 Å². The van der Waals surface area contributed by atoms with Gasteiger partial charge in [0.2, 0.25) is 11.8 Å². The lowest BCUT2D eigenvalue weighted by molar-refractivity contribution is -0.141. The summed E-state index contributed by atoms with van der Waals surface area (Å²) in [5, 5.41) is 3.28. The molecular weight excluding hydrogens is 464 g/mol. The molecule has 4 nitrogen and oxygen atoms in total. The van der Waals surface area contributed by atoms with Crippen molar-refractivity contribution in [1.29, 1.82) is 0 Å². The molecule has 1 aliphatic rings. The van der Waals surface area contributed by atoms with Crippen LogP contribution >= 0.6 is 11.8 Å². The maximum atomic E-state index is 13.7. The van der Waals surface area contributed by atoms with Gasteiger partial charge in [0, 0.05) is 36.1 Å². The summed E-state index contributed by atoms with van der Waals surface area (Å²) in [5.41, 5.74) is 3.25. The highest BCUT2D eigenvalue weighted by Gasteiger charge is 2.32. The number of carbonyl (C=O) groups excluding carboxylic acids is 2. The van der Waals surface area contributed by atoms with Crippen molar-refractivity contribution in [3.63, 3.8) is 0 Å². The predicted molar refractivity (Wildman–Crippen MR) is 148 cm³/mol. The Labute approximate surface area is 219 Å². The number of hydrogen-bond donors (Lipinski definition) is 1. The van der Waals surface area contributed by atoms with Gasteiger partial charge in [0.1, 0.15) is 6.04 Å². The number of nitrogens with zero attached hydrogens (tertiary/aromatic N) is 1. The van der Waals surface area contributed by atoms with Crippen LogP contribution in [0.4, 0.5) is 0 Å². The van der Waals surface area contributed by atoms with E-state index in [2.05, 4.69) is 36.5 Å². The van der Waals surface area contributed by atoms with Crippen LogP contribution < -0.4 is 5.32 Å². The predicted octanol–water partition coefficient (Wildman–Crippen LogP) is 6.18. The summed E-state index contributed by atoms with van der Waals surface area (Å²) in [6, 6.07) is 28.1. The summed E-state index contributed by atoms with van der Waals surface area (Å²) in [5.74, 6) is 0.653. The number of thioether (sulfide) groups is 1. The molecule has 3 aromatic rings. The van der Waals surface area contributed by atoms with Crippen LogP contribution in [-0.2, 0) is 22.6 Å². The van der Waals surface area contributed by atoms with E-state index >= 15 is 0 Å². The quantitative estimate of drug-likeness (QED) is 0.320. The Morgan fingerprint density at radius 3 is 2.28 bits per heavy atom. The van der Waals surface area contributed by atoms with Crippen molar-refractivity contribution in [3.05, 3.63) is 102 Å². The second kappa shape index (κ2) is 13.3.